The standard InChI is InChI=1S/C19H31N3OS/c1-15-7-8-18(24-15)19(23)21-17-9-12-22(13-10-17)14-11-20-16-5-3-2-4-6-16/h7-8,16-17,20H,2-6,9-14H2,1H3,(H,21,23). The second-order valence-electron chi connectivity index (χ2n) is 7.29. The lowest BCUT2D eigenvalue weighted by atomic mass is 9.95. The van der Waals surface area contributed by atoms with Crippen molar-refractivity contribution in [3.63, 3.8) is 0 Å². The van der Waals surface area contributed by atoms with Crippen molar-refractivity contribution in [1.82, 2.24) is 15.5 Å². The number of thiophene rings is 1. The maximum absolute atomic E-state index is 12.2. The largest absolute Gasteiger partial charge is 0.349 e. The summed E-state index contributed by atoms with van der Waals surface area (Å²) in [4.78, 5) is 16.8. The average Bonchev–Trinajstić information content (AvgIpc) is 3.04. The number of rotatable bonds is 6. The van der Waals surface area contributed by atoms with Gasteiger partial charge in [-0.15, -0.1) is 11.3 Å². The smallest absolute Gasteiger partial charge is 0.261 e. The lowest BCUT2D eigenvalue weighted by Gasteiger charge is -2.33. The van der Waals surface area contributed by atoms with E-state index in [4.69, 9.17) is 0 Å². The molecule has 1 aromatic rings. The minimum Gasteiger partial charge on any atom is -0.349 e. The molecule has 1 aliphatic heterocycles. The van der Waals surface area contributed by atoms with Gasteiger partial charge in [-0.25, -0.2) is 0 Å². The topological polar surface area (TPSA) is 44.4 Å². The van der Waals surface area contributed by atoms with Crippen LogP contribution in [0.25, 0.3) is 0 Å². The summed E-state index contributed by atoms with van der Waals surface area (Å²) in [6.07, 6.45) is 9.06. The molecule has 2 N–H and O–H groups in total. The molecule has 1 amide bonds. The molecule has 1 aromatic heterocycles. The fraction of sp³-hybridized carbons (Fsp3) is 0.737. The number of nitrogens with one attached hydrogen (secondary N) is 2. The van der Waals surface area contributed by atoms with Crippen LogP contribution in [0, 0.1) is 6.92 Å². The van der Waals surface area contributed by atoms with Gasteiger partial charge in [-0.2, -0.15) is 0 Å². The van der Waals surface area contributed by atoms with Crippen LogP contribution in [0.5, 0.6) is 0 Å². The van der Waals surface area contributed by atoms with Crippen molar-refractivity contribution in [3.8, 4) is 0 Å². The molecule has 1 saturated carbocycles. The Morgan fingerprint density at radius 3 is 2.54 bits per heavy atom. The Morgan fingerprint density at radius 1 is 1.12 bits per heavy atom. The summed E-state index contributed by atoms with van der Waals surface area (Å²) in [6, 6.07) is 5.04. The van der Waals surface area contributed by atoms with Gasteiger partial charge < -0.3 is 15.5 Å². The van der Waals surface area contributed by atoms with E-state index >= 15 is 0 Å². The number of hydrogen-bond acceptors (Lipinski definition) is 4. The molecule has 0 spiro atoms. The normalized spacial score (nSPS) is 21.0. The third-order valence-electron chi connectivity index (χ3n) is 5.35. The Hall–Kier alpha value is -0.910. The molecule has 2 heterocycles. The molecular weight excluding hydrogens is 318 g/mol. The maximum atomic E-state index is 12.2. The first-order valence-corrected chi connectivity index (χ1v) is 10.4. The van der Waals surface area contributed by atoms with Gasteiger partial charge in [0.25, 0.3) is 5.91 Å². The average molecular weight is 350 g/mol. The zero-order valence-electron chi connectivity index (χ0n) is 14.9. The molecule has 3 rings (SSSR count). The highest BCUT2D eigenvalue weighted by Gasteiger charge is 2.21. The molecule has 134 valence electrons. The highest BCUT2D eigenvalue weighted by molar-refractivity contribution is 7.13. The molecule has 0 aromatic carbocycles. The third-order valence-corrected chi connectivity index (χ3v) is 6.35. The summed E-state index contributed by atoms with van der Waals surface area (Å²) >= 11 is 1.58. The van der Waals surface area contributed by atoms with Crippen molar-refractivity contribution in [2.24, 2.45) is 0 Å². The van der Waals surface area contributed by atoms with Crippen LogP contribution in [0.15, 0.2) is 12.1 Å². The SMILES string of the molecule is Cc1ccc(C(=O)NC2CCN(CCNC3CCCCC3)CC2)s1. The fourth-order valence-electron chi connectivity index (χ4n) is 3.85. The van der Waals surface area contributed by atoms with Crippen LogP contribution in [-0.2, 0) is 0 Å². The number of carbonyl (C=O) groups excluding carboxylic acids is 1. The van der Waals surface area contributed by atoms with Crippen LogP contribution in [0.4, 0.5) is 0 Å². The first kappa shape index (κ1) is 17.9. The molecular formula is C19H31N3OS. The van der Waals surface area contributed by atoms with E-state index in [9.17, 15) is 4.79 Å². The van der Waals surface area contributed by atoms with Gasteiger partial charge in [-0.05, 0) is 44.7 Å². The van der Waals surface area contributed by atoms with Gasteiger partial charge in [-0.1, -0.05) is 19.3 Å². The van der Waals surface area contributed by atoms with Gasteiger partial charge in [0.2, 0.25) is 0 Å². The van der Waals surface area contributed by atoms with Gasteiger partial charge >= 0.3 is 0 Å². The Kier molecular flexibility index (Phi) is 6.69. The van der Waals surface area contributed by atoms with Crippen molar-refractivity contribution < 1.29 is 4.79 Å². The second kappa shape index (κ2) is 8.97. The number of hydrogen-bond donors (Lipinski definition) is 2. The van der Waals surface area contributed by atoms with E-state index in [0.717, 1.165) is 49.9 Å². The summed E-state index contributed by atoms with van der Waals surface area (Å²) in [5.74, 6) is 0.102. The fourth-order valence-corrected chi connectivity index (χ4v) is 4.62. The first-order chi connectivity index (χ1) is 11.7. The van der Waals surface area contributed by atoms with Gasteiger partial charge in [0, 0.05) is 43.1 Å². The zero-order valence-corrected chi connectivity index (χ0v) is 15.7. The number of amides is 1. The highest BCUT2D eigenvalue weighted by atomic mass is 32.1. The predicted octanol–water partition coefficient (Wildman–Crippen LogP) is 3.17. The molecule has 2 aliphatic rings. The number of nitrogens with zero attached hydrogens (tertiary/aromatic N) is 1. The lowest BCUT2D eigenvalue weighted by Crippen LogP contribution is -2.46. The van der Waals surface area contributed by atoms with Crippen molar-refractivity contribution in [2.75, 3.05) is 26.2 Å². The Morgan fingerprint density at radius 2 is 1.88 bits per heavy atom. The van der Waals surface area contributed by atoms with Gasteiger partial charge in [0.15, 0.2) is 0 Å². The molecule has 0 atom stereocenters. The maximum Gasteiger partial charge on any atom is 0.261 e. The minimum atomic E-state index is 0.102. The Bertz CT molecular complexity index is 516. The molecule has 1 aliphatic carbocycles. The van der Waals surface area contributed by atoms with Gasteiger partial charge in [0.05, 0.1) is 4.88 Å². The zero-order chi connectivity index (χ0) is 16.8. The molecule has 24 heavy (non-hydrogen) atoms. The first-order valence-electron chi connectivity index (χ1n) is 9.54. The van der Waals surface area contributed by atoms with Crippen molar-refractivity contribution in [1.29, 1.82) is 0 Å². The summed E-state index contributed by atoms with van der Waals surface area (Å²) in [5, 5.41) is 6.93. The molecule has 4 nitrogen and oxygen atoms in total. The van der Waals surface area contributed by atoms with Gasteiger partial charge in [-0.3, -0.25) is 4.79 Å². The molecule has 1 saturated heterocycles. The van der Waals surface area contributed by atoms with Crippen LogP contribution in [-0.4, -0.2) is 49.1 Å². The van der Waals surface area contributed by atoms with E-state index in [-0.39, 0.29) is 5.91 Å². The van der Waals surface area contributed by atoms with E-state index < -0.39 is 0 Å². The third kappa shape index (κ3) is 5.30. The molecule has 5 heteroatoms. The van der Waals surface area contributed by atoms with Crippen LogP contribution in [0.2, 0.25) is 0 Å². The second-order valence-corrected chi connectivity index (χ2v) is 8.58. The van der Waals surface area contributed by atoms with E-state index in [0.29, 0.717) is 6.04 Å². The van der Waals surface area contributed by atoms with Crippen LogP contribution < -0.4 is 10.6 Å². The highest BCUT2D eigenvalue weighted by Crippen LogP contribution is 2.18. The molecule has 0 radical (unpaired) electrons. The number of carbonyl (C=O) groups is 1. The molecule has 2 fully saturated rings. The number of piperidine rings is 1. The van der Waals surface area contributed by atoms with E-state index in [1.54, 1.807) is 11.3 Å². The van der Waals surface area contributed by atoms with Crippen molar-refractivity contribution in [3.05, 3.63) is 21.9 Å². The molecule has 0 unspecified atom stereocenters. The van der Waals surface area contributed by atoms with Crippen LogP contribution >= 0.6 is 11.3 Å². The summed E-state index contributed by atoms with van der Waals surface area (Å²) in [5.41, 5.74) is 0. The van der Waals surface area contributed by atoms with E-state index in [1.807, 2.05) is 19.1 Å². The van der Waals surface area contributed by atoms with Crippen LogP contribution in [0.1, 0.15) is 59.5 Å². The van der Waals surface area contributed by atoms with Crippen molar-refractivity contribution in [2.45, 2.75) is 64.0 Å². The lowest BCUT2D eigenvalue weighted by molar-refractivity contribution is 0.0915. The van der Waals surface area contributed by atoms with Crippen LogP contribution in [0.3, 0.4) is 0 Å². The Balaban J connectivity index is 1.31. The predicted molar refractivity (Wildman–Crippen MR) is 101 cm³/mol. The summed E-state index contributed by atoms with van der Waals surface area (Å²) < 4.78 is 0. The Labute approximate surface area is 150 Å². The number of aryl methyl sites for hydroxylation is 1. The van der Waals surface area contributed by atoms with Crippen molar-refractivity contribution >= 4 is 17.2 Å². The minimum absolute atomic E-state index is 0.102. The monoisotopic (exact) mass is 349 g/mol. The van der Waals surface area contributed by atoms with E-state index in [2.05, 4.69) is 15.5 Å². The van der Waals surface area contributed by atoms with Gasteiger partial charge in [0.1, 0.15) is 0 Å². The molecule has 0 bridgehead atoms. The summed E-state index contributed by atoms with van der Waals surface area (Å²) in [6.45, 7) is 6.49. The quantitative estimate of drug-likeness (QED) is 0.829. The summed E-state index contributed by atoms with van der Waals surface area (Å²) in [7, 11) is 0. The number of likely N-dealkylation sites (tertiary alicyclic amines) is 1. The van der Waals surface area contributed by atoms with E-state index in [1.165, 1.54) is 37.0 Å².